The molecule has 23 heavy (non-hydrogen) atoms. The molecule has 2 aromatic carbocycles. The maximum absolute atomic E-state index is 12.3. The first-order valence-electron chi connectivity index (χ1n) is 7.83. The number of hydrogen-bond acceptors (Lipinski definition) is 2. The van der Waals surface area contributed by atoms with Crippen LogP contribution in [0.1, 0.15) is 30.4 Å². The highest BCUT2D eigenvalue weighted by Crippen LogP contribution is 2.21. The monoisotopic (exact) mass is 304 g/mol. The largest absolute Gasteiger partial charge is 0.326 e. The number of hydrogen-bond donors (Lipinski definition) is 1. The van der Waals surface area contributed by atoms with Crippen molar-refractivity contribution in [3.63, 3.8) is 0 Å². The van der Waals surface area contributed by atoms with Gasteiger partial charge < -0.3 is 5.32 Å². The van der Waals surface area contributed by atoms with Gasteiger partial charge >= 0.3 is 0 Å². The Morgan fingerprint density at radius 3 is 2.70 bits per heavy atom. The Labute approximate surface area is 136 Å². The molecule has 3 nitrogen and oxygen atoms in total. The van der Waals surface area contributed by atoms with Crippen LogP contribution in [0.15, 0.2) is 60.8 Å². The summed E-state index contributed by atoms with van der Waals surface area (Å²) in [4.78, 5) is 16.6. The van der Waals surface area contributed by atoms with Crippen molar-refractivity contribution in [1.82, 2.24) is 4.98 Å². The topological polar surface area (TPSA) is 42.0 Å². The molecule has 3 aromatic rings. The maximum Gasteiger partial charge on any atom is 0.224 e. The first kappa shape index (κ1) is 15.2. The van der Waals surface area contributed by atoms with Gasteiger partial charge in [-0.15, -0.1) is 0 Å². The molecule has 0 saturated heterocycles. The van der Waals surface area contributed by atoms with Crippen molar-refractivity contribution in [1.29, 1.82) is 0 Å². The summed E-state index contributed by atoms with van der Waals surface area (Å²) in [5.41, 5.74) is 4.16. The second kappa shape index (κ2) is 6.61. The van der Waals surface area contributed by atoms with Gasteiger partial charge in [-0.05, 0) is 42.7 Å². The van der Waals surface area contributed by atoms with E-state index in [0.717, 1.165) is 16.6 Å². The minimum atomic E-state index is 0.0290. The Balaban J connectivity index is 1.67. The minimum Gasteiger partial charge on any atom is -0.326 e. The molecule has 0 aliphatic heterocycles. The number of aryl methyl sites for hydroxylation is 1. The molecule has 116 valence electrons. The molecule has 0 aliphatic carbocycles. The van der Waals surface area contributed by atoms with E-state index in [4.69, 9.17) is 0 Å². The summed E-state index contributed by atoms with van der Waals surface area (Å²) in [5.74, 6) is 0.221. The average molecular weight is 304 g/mol. The average Bonchev–Trinajstić information content (AvgIpc) is 2.55. The van der Waals surface area contributed by atoms with E-state index < -0.39 is 0 Å². The highest BCUT2D eigenvalue weighted by Gasteiger charge is 2.11. The molecule has 1 atom stereocenters. The zero-order valence-corrected chi connectivity index (χ0v) is 13.4. The summed E-state index contributed by atoms with van der Waals surface area (Å²) in [7, 11) is 0. The number of rotatable bonds is 4. The summed E-state index contributed by atoms with van der Waals surface area (Å²) in [5, 5.41) is 4.00. The van der Waals surface area contributed by atoms with Crippen molar-refractivity contribution in [3.8, 4) is 0 Å². The number of fused-ring (bicyclic) bond motifs is 1. The molecule has 1 aromatic heterocycles. The lowest BCUT2D eigenvalue weighted by atomic mass is 9.96. The highest BCUT2D eigenvalue weighted by atomic mass is 16.1. The van der Waals surface area contributed by atoms with E-state index in [-0.39, 0.29) is 11.8 Å². The van der Waals surface area contributed by atoms with Crippen LogP contribution >= 0.6 is 0 Å². The van der Waals surface area contributed by atoms with Crippen LogP contribution in [0.25, 0.3) is 10.9 Å². The van der Waals surface area contributed by atoms with Crippen molar-refractivity contribution >= 4 is 22.5 Å². The van der Waals surface area contributed by atoms with E-state index in [1.54, 1.807) is 6.20 Å². The van der Waals surface area contributed by atoms with Gasteiger partial charge in [-0.3, -0.25) is 9.78 Å². The van der Waals surface area contributed by atoms with Gasteiger partial charge in [-0.2, -0.15) is 0 Å². The number of anilines is 1. The van der Waals surface area contributed by atoms with E-state index >= 15 is 0 Å². The normalized spacial score (nSPS) is 12.1. The minimum absolute atomic E-state index is 0.0290. The van der Waals surface area contributed by atoms with Crippen molar-refractivity contribution < 1.29 is 4.79 Å². The zero-order chi connectivity index (χ0) is 16.2. The predicted octanol–water partition coefficient (Wildman–Crippen LogP) is 4.68. The second-order valence-corrected chi connectivity index (χ2v) is 5.97. The van der Waals surface area contributed by atoms with E-state index in [0.29, 0.717) is 6.42 Å². The van der Waals surface area contributed by atoms with Crippen LogP contribution in [0.4, 0.5) is 5.69 Å². The molecular weight excluding hydrogens is 284 g/mol. The number of nitrogens with one attached hydrogen (secondary N) is 1. The lowest BCUT2D eigenvalue weighted by Crippen LogP contribution is -2.14. The van der Waals surface area contributed by atoms with Crippen molar-refractivity contribution in [2.24, 2.45) is 0 Å². The quantitative estimate of drug-likeness (QED) is 0.760. The van der Waals surface area contributed by atoms with E-state index in [1.807, 2.05) is 30.3 Å². The van der Waals surface area contributed by atoms with Crippen molar-refractivity contribution in [2.45, 2.75) is 26.2 Å². The third-order valence-corrected chi connectivity index (χ3v) is 4.02. The molecule has 0 radical (unpaired) electrons. The summed E-state index contributed by atoms with van der Waals surface area (Å²) < 4.78 is 0. The van der Waals surface area contributed by atoms with Crippen LogP contribution in [0.3, 0.4) is 0 Å². The zero-order valence-electron chi connectivity index (χ0n) is 13.4. The van der Waals surface area contributed by atoms with Crippen LogP contribution in [0.2, 0.25) is 0 Å². The van der Waals surface area contributed by atoms with Gasteiger partial charge in [0.25, 0.3) is 0 Å². The number of nitrogens with zero attached hydrogens (tertiary/aromatic N) is 1. The number of carbonyl (C=O) groups excluding carboxylic acids is 1. The number of benzene rings is 2. The maximum atomic E-state index is 12.3. The third-order valence-electron chi connectivity index (χ3n) is 4.02. The molecule has 3 rings (SSSR count). The van der Waals surface area contributed by atoms with Crippen LogP contribution in [-0.4, -0.2) is 10.9 Å². The molecular formula is C20H20N2O. The summed E-state index contributed by atoms with van der Waals surface area (Å²) in [6.07, 6.45) is 2.23. The Morgan fingerprint density at radius 2 is 1.91 bits per heavy atom. The lowest BCUT2D eigenvalue weighted by Gasteiger charge is -2.12. The van der Waals surface area contributed by atoms with Gasteiger partial charge in [0.05, 0.1) is 5.52 Å². The summed E-state index contributed by atoms with van der Waals surface area (Å²) in [6.45, 7) is 4.14. The van der Waals surface area contributed by atoms with Gasteiger partial charge in [0.2, 0.25) is 5.91 Å². The third kappa shape index (κ3) is 3.75. The molecule has 3 heteroatoms. The fourth-order valence-corrected chi connectivity index (χ4v) is 2.66. The predicted molar refractivity (Wildman–Crippen MR) is 94.6 cm³/mol. The fraction of sp³-hybridized carbons (Fsp3) is 0.200. The van der Waals surface area contributed by atoms with Gasteiger partial charge in [0, 0.05) is 23.7 Å². The molecule has 0 aliphatic rings. The van der Waals surface area contributed by atoms with Gasteiger partial charge in [-0.25, -0.2) is 0 Å². The molecule has 0 spiro atoms. The SMILES string of the molecule is Cc1ccc(C(C)CC(=O)Nc2ccc3ncccc3c2)cc1. The van der Waals surface area contributed by atoms with Crippen molar-refractivity contribution in [3.05, 3.63) is 71.9 Å². The molecule has 1 N–H and O–H groups in total. The van der Waals surface area contributed by atoms with E-state index in [1.165, 1.54) is 11.1 Å². The first-order chi connectivity index (χ1) is 11.1. The number of pyridine rings is 1. The molecule has 1 unspecified atom stereocenters. The molecule has 1 heterocycles. The smallest absolute Gasteiger partial charge is 0.224 e. The van der Waals surface area contributed by atoms with Crippen LogP contribution < -0.4 is 5.32 Å². The first-order valence-corrected chi connectivity index (χ1v) is 7.83. The van der Waals surface area contributed by atoms with Crippen LogP contribution in [0.5, 0.6) is 0 Å². The number of amides is 1. The van der Waals surface area contributed by atoms with Gasteiger partial charge in [-0.1, -0.05) is 42.8 Å². The number of aromatic nitrogens is 1. The molecule has 0 fully saturated rings. The van der Waals surface area contributed by atoms with E-state index in [2.05, 4.69) is 48.4 Å². The summed E-state index contributed by atoms with van der Waals surface area (Å²) in [6, 6.07) is 18.0. The highest BCUT2D eigenvalue weighted by molar-refractivity contribution is 5.93. The molecule has 0 bridgehead atoms. The van der Waals surface area contributed by atoms with Crippen molar-refractivity contribution in [2.75, 3.05) is 5.32 Å². The Hall–Kier alpha value is -2.68. The van der Waals surface area contributed by atoms with Crippen LogP contribution in [0, 0.1) is 6.92 Å². The van der Waals surface area contributed by atoms with E-state index in [9.17, 15) is 4.79 Å². The molecule has 0 saturated carbocycles. The molecule has 1 amide bonds. The summed E-state index contributed by atoms with van der Waals surface area (Å²) >= 11 is 0. The lowest BCUT2D eigenvalue weighted by molar-refractivity contribution is -0.116. The van der Waals surface area contributed by atoms with Gasteiger partial charge in [0.15, 0.2) is 0 Å². The Bertz CT molecular complexity index is 824. The Morgan fingerprint density at radius 1 is 1.13 bits per heavy atom. The van der Waals surface area contributed by atoms with Crippen LogP contribution in [-0.2, 0) is 4.79 Å². The second-order valence-electron chi connectivity index (χ2n) is 5.97. The van der Waals surface area contributed by atoms with Gasteiger partial charge in [0.1, 0.15) is 0 Å². The fourth-order valence-electron chi connectivity index (χ4n) is 2.66. The Kier molecular flexibility index (Phi) is 4.38. The standard InChI is InChI=1S/C20H20N2O/c1-14-5-7-16(8-6-14)15(2)12-20(23)22-18-9-10-19-17(13-18)4-3-11-21-19/h3-11,13,15H,12H2,1-2H3,(H,22,23). The number of carbonyl (C=O) groups is 1.